The maximum atomic E-state index is 12.4. The molecule has 2 bridgehead atoms. The summed E-state index contributed by atoms with van der Waals surface area (Å²) in [6.07, 6.45) is 5.47. The van der Waals surface area contributed by atoms with Gasteiger partial charge in [0.1, 0.15) is 0 Å². The first kappa shape index (κ1) is 16.8. The largest absolute Gasteiger partial charge is 0.435 e. The van der Waals surface area contributed by atoms with Gasteiger partial charge in [0.15, 0.2) is 0 Å². The molecule has 2 saturated carbocycles. The maximum absolute atomic E-state index is 12.4. The number of rotatable bonds is 5. The molecule has 0 spiro atoms. The number of hydrogen-bond donors (Lipinski definition) is 0. The third-order valence-electron chi connectivity index (χ3n) is 5.50. The Morgan fingerprint density at radius 1 is 1.33 bits per heavy atom. The number of carbonyl (C=O) groups is 1. The number of ether oxygens (including phenoxy) is 2. The lowest BCUT2D eigenvalue weighted by Gasteiger charge is -2.39. The van der Waals surface area contributed by atoms with E-state index in [1.165, 1.54) is 19.3 Å². The van der Waals surface area contributed by atoms with Gasteiger partial charge in [0, 0.05) is 12.5 Å². The minimum atomic E-state index is -0.386. The fraction of sp³-hybridized carbons (Fsp3) is 0.944. The highest BCUT2D eigenvalue weighted by Crippen LogP contribution is 2.58. The van der Waals surface area contributed by atoms with Crippen molar-refractivity contribution in [3.8, 4) is 0 Å². The second-order valence-electron chi connectivity index (χ2n) is 8.76. The molecule has 2 aliphatic rings. The molecule has 2 aliphatic carbocycles. The summed E-state index contributed by atoms with van der Waals surface area (Å²) in [6.45, 7) is 10.7. The molecule has 0 amide bonds. The van der Waals surface area contributed by atoms with E-state index in [4.69, 9.17) is 9.47 Å². The summed E-state index contributed by atoms with van der Waals surface area (Å²) < 4.78 is 11.4. The van der Waals surface area contributed by atoms with E-state index in [-0.39, 0.29) is 29.0 Å². The van der Waals surface area contributed by atoms with Gasteiger partial charge in [-0.1, -0.05) is 41.0 Å². The summed E-state index contributed by atoms with van der Waals surface area (Å²) in [6, 6.07) is 0. The highest BCUT2D eigenvalue weighted by Gasteiger charge is 2.54. The molecule has 0 radical (unpaired) electrons. The van der Waals surface area contributed by atoms with Crippen molar-refractivity contribution >= 4 is 5.97 Å². The monoisotopic (exact) mass is 296 g/mol. The van der Waals surface area contributed by atoms with Crippen LogP contribution >= 0.6 is 0 Å². The van der Waals surface area contributed by atoms with E-state index < -0.39 is 0 Å². The molecule has 5 unspecified atom stereocenters. The lowest BCUT2D eigenvalue weighted by molar-refractivity contribution is -0.213. The molecule has 0 saturated heterocycles. The Hall–Kier alpha value is -0.570. The minimum absolute atomic E-state index is 0.00871. The van der Waals surface area contributed by atoms with Crippen LogP contribution in [-0.2, 0) is 14.3 Å². The number of methoxy groups -OCH3 is 1. The van der Waals surface area contributed by atoms with Gasteiger partial charge in [-0.25, -0.2) is 0 Å². The molecule has 0 heterocycles. The number of fused-ring (bicyclic) bond motifs is 2. The first-order valence-electron chi connectivity index (χ1n) is 8.39. The van der Waals surface area contributed by atoms with Crippen LogP contribution in [0.1, 0.15) is 66.7 Å². The van der Waals surface area contributed by atoms with Gasteiger partial charge in [0.2, 0.25) is 6.29 Å². The first-order valence-corrected chi connectivity index (χ1v) is 8.39. The molecule has 3 nitrogen and oxygen atoms in total. The van der Waals surface area contributed by atoms with E-state index in [2.05, 4.69) is 27.7 Å². The lowest BCUT2D eigenvalue weighted by Crippen LogP contribution is -2.42. The molecule has 21 heavy (non-hydrogen) atoms. The zero-order valence-corrected chi connectivity index (χ0v) is 14.6. The lowest BCUT2D eigenvalue weighted by atomic mass is 9.74. The van der Waals surface area contributed by atoms with Crippen LogP contribution in [-0.4, -0.2) is 19.4 Å². The average molecular weight is 296 g/mol. The van der Waals surface area contributed by atoms with Gasteiger partial charge in [-0.3, -0.25) is 4.79 Å². The molecule has 3 heteroatoms. The van der Waals surface area contributed by atoms with Gasteiger partial charge < -0.3 is 9.47 Å². The van der Waals surface area contributed by atoms with Crippen LogP contribution in [0, 0.1) is 28.6 Å². The Morgan fingerprint density at radius 2 is 2.00 bits per heavy atom. The third kappa shape index (κ3) is 3.61. The van der Waals surface area contributed by atoms with Gasteiger partial charge in [-0.15, -0.1) is 0 Å². The predicted octanol–water partition coefficient (Wildman–Crippen LogP) is 4.40. The van der Waals surface area contributed by atoms with E-state index >= 15 is 0 Å². The van der Waals surface area contributed by atoms with Crippen LogP contribution < -0.4 is 0 Å². The average Bonchev–Trinajstić information content (AvgIpc) is 2.93. The Labute approximate surface area is 129 Å². The summed E-state index contributed by atoms with van der Waals surface area (Å²) in [5.74, 6) is 1.27. The maximum Gasteiger partial charge on any atom is 0.310 e. The Balaban J connectivity index is 1.98. The van der Waals surface area contributed by atoms with E-state index in [1.807, 2.05) is 6.92 Å². The first-order chi connectivity index (χ1) is 9.65. The van der Waals surface area contributed by atoms with Crippen LogP contribution in [0.4, 0.5) is 0 Å². The smallest absolute Gasteiger partial charge is 0.310 e. The molecule has 0 aromatic carbocycles. The van der Waals surface area contributed by atoms with E-state index in [1.54, 1.807) is 7.11 Å². The molecule has 122 valence electrons. The topological polar surface area (TPSA) is 35.5 Å². The van der Waals surface area contributed by atoms with Gasteiger partial charge in [-0.05, 0) is 42.9 Å². The van der Waals surface area contributed by atoms with Crippen LogP contribution in [0.15, 0.2) is 0 Å². The van der Waals surface area contributed by atoms with Crippen molar-refractivity contribution in [3.63, 3.8) is 0 Å². The van der Waals surface area contributed by atoms with E-state index in [0.717, 1.165) is 18.8 Å². The van der Waals surface area contributed by atoms with Crippen LogP contribution in [0.3, 0.4) is 0 Å². The quantitative estimate of drug-likeness (QED) is 0.557. The fourth-order valence-electron chi connectivity index (χ4n) is 4.61. The molecular weight excluding hydrogens is 264 g/mol. The highest BCUT2D eigenvalue weighted by molar-refractivity contribution is 5.72. The van der Waals surface area contributed by atoms with Crippen LogP contribution in [0.25, 0.3) is 0 Å². The van der Waals surface area contributed by atoms with E-state index in [0.29, 0.717) is 5.92 Å². The second-order valence-corrected chi connectivity index (χ2v) is 8.76. The SMILES string of the molecule is COC(OC(=O)C(C)CC(C)(C)C)C1(C)CC2CCC1C2. The minimum Gasteiger partial charge on any atom is -0.435 e. The standard InChI is InChI=1S/C18H32O3/c1-12(10-17(2,3)4)15(19)21-16(20-6)18(5)11-13-7-8-14(18)9-13/h12-14,16H,7-11H2,1-6H3. The molecule has 2 fully saturated rings. The van der Waals surface area contributed by atoms with Crippen molar-refractivity contribution in [2.45, 2.75) is 73.0 Å². The van der Waals surface area contributed by atoms with Crippen molar-refractivity contribution < 1.29 is 14.3 Å². The molecule has 0 N–H and O–H groups in total. The normalized spacial score (nSPS) is 34.8. The third-order valence-corrected chi connectivity index (χ3v) is 5.50. The Morgan fingerprint density at radius 3 is 2.43 bits per heavy atom. The molecule has 2 rings (SSSR count). The van der Waals surface area contributed by atoms with Gasteiger partial charge >= 0.3 is 5.97 Å². The summed E-state index contributed by atoms with van der Waals surface area (Å²) in [5, 5.41) is 0. The van der Waals surface area contributed by atoms with Gasteiger partial charge in [0.05, 0.1) is 5.92 Å². The molecule has 5 atom stereocenters. The molecule has 0 aromatic heterocycles. The zero-order chi connectivity index (χ0) is 15.8. The fourth-order valence-corrected chi connectivity index (χ4v) is 4.61. The Bertz CT molecular complexity index is 384. The van der Waals surface area contributed by atoms with Crippen molar-refractivity contribution in [1.82, 2.24) is 0 Å². The second kappa shape index (κ2) is 5.91. The van der Waals surface area contributed by atoms with Gasteiger partial charge in [0.25, 0.3) is 0 Å². The van der Waals surface area contributed by atoms with Crippen LogP contribution in [0.2, 0.25) is 0 Å². The van der Waals surface area contributed by atoms with Crippen molar-refractivity contribution in [1.29, 1.82) is 0 Å². The highest BCUT2D eigenvalue weighted by atomic mass is 16.7. The molecular formula is C18H32O3. The summed E-state index contributed by atoms with van der Waals surface area (Å²) in [7, 11) is 1.67. The van der Waals surface area contributed by atoms with Gasteiger partial charge in [-0.2, -0.15) is 0 Å². The summed E-state index contributed by atoms with van der Waals surface area (Å²) in [4.78, 5) is 12.4. The number of carbonyl (C=O) groups excluding carboxylic acids is 1. The number of esters is 1. The van der Waals surface area contributed by atoms with E-state index in [9.17, 15) is 4.79 Å². The van der Waals surface area contributed by atoms with Crippen LogP contribution in [0.5, 0.6) is 0 Å². The Kier molecular flexibility index (Phi) is 4.72. The molecule has 0 aliphatic heterocycles. The zero-order valence-electron chi connectivity index (χ0n) is 14.6. The van der Waals surface area contributed by atoms with Crippen molar-refractivity contribution in [2.75, 3.05) is 7.11 Å². The summed E-state index contributed by atoms with van der Waals surface area (Å²) in [5.41, 5.74) is 0.145. The number of hydrogen-bond acceptors (Lipinski definition) is 3. The van der Waals surface area contributed by atoms with Crippen molar-refractivity contribution in [3.05, 3.63) is 0 Å². The van der Waals surface area contributed by atoms with Crippen molar-refractivity contribution in [2.24, 2.45) is 28.6 Å². The summed E-state index contributed by atoms with van der Waals surface area (Å²) >= 11 is 0. The molecule has 0 aromatic rings. The predicted molar refractivity (Wildman–Crippen MR) is 83.7 cm³/mol.